The molecule has 1 aliphatic rings. The van der Waals surface area contributed by atoms with E-state index in [0.29, 0.717) is 12.3 Å². The summed E-state index contributed by atoms with van der Waals surface area (Å²) < 4.78 is 31.7. The number of hydrogen-bond acceptors (Lipinski definition) is 6. The van der Waals surface area contributed by atoms with Crippen LogP contribution in [-0.2, 0) is 11.2 Å². The van der Waals surface area contributed by atoms with Gasteiger partial charge in [0.1, 0.15) is 0 Å². The highest BCUT2D eigenvalue weighted by atomic mass is 32.1. The van der Waals surface area contributed by atoms with E-state index < -0.39 is 12.1 Å². The maximum Gasteiger partial charge on any atom is 0.490 e. The van der Waals surface area contributed by atoms with Crippen LogP contribution in [0.4, 0.5) is 13.2 Å². The van der Waals surface area contributed by atoms with Gasteiger partial charge in [0.05, 0.1) is 16.2 Å². The van der Waals surface area contributed by atoms with E-state index in [-0.39, 0.29) is 5.91 Å². The Balaban J connectivity index is 0.000000445. The van der Waals surface area contributed by atoms with Gasteiger partial charge in [0.25, 0.3) is 5.91 Å². The average molecular weight is 409 g/mol. The summed E-state index contributed by atoms with van der Waals surface area (Å²) >= 11 is 1.50. The zero-order chi connectivity index (χ0) is 20.6. The van der Waals surface area contributed by atoms with E-state index in [2.05, 4.69) is 15.4 Å². The number of carboxylic acid groups (broad SMARTS) is 1. The number of nitrogens with zero attached hydrogens (tertiary/aromatic N) is 2. The normalized spacial score (nSPS) is 15.1. The minimum Gasteiger partial charge on any atom is -0.475 e. The van der Waals surface area contributed by atoms with Crippen molar-refractivity contribution in [3.8, 4) is 0 Å². The van der Waals surface area contributed by atoms with Gasteiger partial charge in [0.15, 0.2) is 0 Å². The Kier molecular flexibility index (Phi) is 8.70. The van der Waals surface area contributed by atoms with E-state index in [1.165, 1.54) is 11.3 Å². The molecule has 152 valence electrons. The minimum absolute atomic E-state index is 0.0135. The smallest absolute Gasteiger partial charge is 0.475 e. The van der Waals surface area contributed by atoms with Gasteiger partial charge >= 0.3 is 12.1 Å². The van der Waals surface area contributed by atoms with Gasteiger partial charge in [-0.2, -0.15) is 13.2 Å². The number of nitrogens with one attached hydrogen (secondary N) is 1. The fourth-order valence-electron chi connectivity index (χ4n) is 2.40. The van der Waals surface area contributed by atoms with Crippen LogP contribution >= 0.6 is 11.3 Å². The van der Waals surface area contributed by atoms with Crippen LogP contribution in [0, 0.1) is 0 Å². The van der Waals surface area contributed by atoms with Gasteiger partial charge in [-0.3, -0.25) is 4.79 Å². The second-order valence-electron chi connectivity index (χ2n) is 6.07. The summed E-state index contributed by atoms with van der Waals surface area (Å²) in [7, 11) is 4.04. The Hall–Kier alpha value is -2.14. The van der Waals surface area contributed by atoms with Crippen molar-refractivity contribution in [1.82, 2.24) is 10.2 Å². The topological polar surface area (TPSA) is 102 Å². The monoisotopic (exact) mass is 409 g/mol. The lowest BCUT2D eigenvalue weighted by Gasteiger charge is -2.14. The van der Waals surface area contributed by atoms with E-state index in [4.69, 9.17) is 15.1 Å². The number of fused-ring (bicyclic) bond motifs is 1. The van der Waals surface area contributed by atoms with Gasteiger partial charge in [-0.1, -0.05) is 5.16 Å². The van der Waals surface area contributed by atoms with Crippen LogP contribution in [0.1, 0.15) is 40.1 Å². The zero-order valence-electron chi connectivity index (χ0n) is 15.0. The van der Waals surface area contributed by atoms with Crippen LogP contribution in [0.15, 0.2) is 10.5 Å². The highest BCUT2D eigenvalue weighted by Gasteiger charge is 2.38. The molecule has 7 nitrogen and oxygen atoms in total. The Morgan fingerprint density at radius 2 is 1.96 bits per heavy atom. The zero-order valence-corrected chi connectivity index (χ0v) is 15.8. The number of oxime groups is 1. The molecule has 0 aliphatic heterocycles. The van der Waals surface area contributed by atoms with Gasteiger partial charge in [0.2, 0.25) is 0 Å². The molecule has 0 fully saturated rings. The number of amides is 1. The molecule has 0 saturated heterocycles. The third kappa shape index (κ3) is 7.18. The number of carbonyl (C=O) groups excluding carboxylic acids is 1. The molecule has 0 saturated carbocycles. The van der Waals surface area contributed by atoms with Crippen molar-refractivity contribution < 1.29 is 33.1 Å². The Morgan fingerprint density at radius 3 is 2.48 bits per heavy atom. The molecule has 1 aliphatic carbocycles. The molecule has 1 amide bonds. The Bertz CT molecular complexity index is 687. The summed E-state index contributed by atoms with van der Waals surface area (Å²) in [4.78, 5) is 24.2. The quantitative estimate of drug-likeness (QED) is 0.394. The Labute approximate surface area is 158 Å². The molecule has 0 bridgehead atoms. The maximum atomic E-state index is 12.2. The lowest BCUT2D eigenvalue weighted by atomic mass is 9.94. The lowest BCUT2D eigenvalue weighted by molar-refractivity contribution is -0.192. The number of carbonyl (C=O) groups is 2. The van der Waals surface area contributed by atoms with Gasteiger partial charge in [-0.05, 0) is 51.9 Å². The third-order valence-corrected chi connectivity index (χ3v) is 4.74. The molecule has 27 heavy (non-hydrogen) atoms. The van der Waals surface area contributed by atoms with Crippen molar-refractivity contribution in [2.75, 3.05) is 27.2 Å². The van der Waals surface area contributed by atoms with Crippen LogP contribution in [0.2, 0.25) is 0 Å². The molecule has 0 unspecified atom stereocenters. The van der Waals surface area contributed by atoms with Crippen molar-refractivity contribution >= 4 is 28.9 Å². The molecule has 0 aromatic carbocycles. The predicted molar refractivity (Wildman–Crippen MR) is 94.8 cm³/mol. The summed E-state index contributed by atoms with van der Waals surface area (Å²) in [5.41, 5.74) is 2.50. The molecule has 0 radical (unpaired) electrons. The first-order chi connectivity index (χ1) is 12.6. The predicted octanol–water partition coefficient (Wildman–Crippen LogP) is 2.58. The summed E-state index contributed by atoms with van der Waals surface area (Å²) in [5.74, 6) is -2.77. The summed E-state index contributed by atoms with van der Waals surface area (Å²) in [6.07, 6.45) is -1.54. The molecule has 1 heterocycles. The molecule has 0 spiro atoms. The molecule has 1 aromatic rings. The Morgan fingerprint density at radius 1 is 1.33 bits per heavy atom. The maximum absolute atomic E-state index is 12.2. The molecule has 1 aromatic heterocycles. The second kappa shape index (κ2) is 10.3. The number of halogens is 3. The number of rotatable bonds is 5. The van der Waals surface area contributed by atoms with E-state index in [1.54, 1.807) is 0 Å². The minimum atomic E-state index is -5.08. The molecule has 0 atom stereocenters. The largest absolute Gasteiger partial charge is 0.490 e. The first-order valence-electron chi connectivity index (χ1n) is 8.12. The van der Waals surface area contributed by atoms with Crippen LogP contribution < -0.4 is 5.32 Å². The summed E-state index contributed by atoms with van der Waals surface area (Å²) in [5, 5.41) is 24.3. The number of aliphatic carboxylic acids is 1. The van der Waals surface area contributed by atoms with Crippen molar-refractivity contribution in [2.24, 2.45) is 5.16 Å². The molecule has 3 N–H and O–H groups in total. The third-order valence-electron chi connectivity index (χ3n) is 3.67. The van der Waals surface area contributed by atoms with Crippen molar-refractivity contribution in [3.05, 3.63) is 21.4 Å². The van der Waals surface area contributed by atoms with Crippen LogP contribution in [0.5, 0.6) is 0 Å². The van der Waals surface area contributed by atoms with Crippen LogP contribution in [0.3, 0.4) is 0 Å². The first-order valence-corrected chi connectivity index (χ1v) is 9.00. The van der Waals surface area contributed by atoms with Crippen LogP contribution in [0.25, 0.3) is 0 Å². The van der Waals surface area contributed by atoms with Gasteiger partial charge in [-0.15, -0.1) is 11.3 Å². The highest BCUT2D eigenvalue weighted by Crippen LogP contribution is 2.30. The molecular formula is C16H22F3N3O4S. The summed E-state index contributed by atoms with van der Waals surface area (Å²) in [6.45, 7) is 1.64. The lowest BCUT2D eigenvalue weighted by Crippen LogP contribution is -2.28. The average Bonchev–Trinajstić information content (AvgIpc) is 3.02. The number of hydrogen-bond donors (Lipinski definition) is 3. The van der Waals surface area contributed by atoms with Crippen molar-refractivity contribution in [1.29, 1.82) is 0 Å². The van der Waals surface area contributed by atoms with Gasteiger partial charge < -0.3 is 20.5 Å². The number of thiophene rings is 1. The van der Waals surface area contributed by atoms with E-state index >= 15 is 0 Å². The van der Waals surface area contributed by atoms with Gasteiger partial charge in [0, 0.05) is 11.9 Å². The standard InChI is InChI=1S/C14H21N3O2S.C2HF3O2/c1-17(2)8-4-7-15-14(18)11-9-20-13-10(11)5-3-6-12(13)16-19;3-2(4,5)1(6)7/h9,19H,3-8H2,1-2H3,(H,15,18);(H,6,7)/b16-12-;. The van der Waals surface area contributed by atoms with Crippen LogP contribution in [-0.4, -0.2) is 66.2 Å². The second-order valence-corrected chi connectivity index (χ2v) is 6.95. The fourth-order valence-corrected chi connectivity index (χ4v) is 3.52. The number of carboxylic acids is 1. The molecular weight excluding hydrogens is 387 g/mol. The van der Waals surface area contributed by atoms with Crippen molar-refractivity contribution in [3.63, 3.8) is 0 Å². The van der Waals surface area contributed by atoms with E-state index in [0.717, 1.165) is 48.2 Å². The summed E-state index contributed by atoms with van der Waals surface area (Å²) in [6, 6.07) is 0. The van der Waals surface area contributed by atoms with E-state index in [9.17, 15) is 18.0 Å². The van der Waals surface area contributed by atoms with Gasteiger partial charge in [-0.25, -0.2) is 4.79 Å². The molecule has 2 rings (SSSR count). The highest BCUT2D eigenvalue weighted by molar-refractivity contribution is 7.12. The van der Waals surface area contributed by atoms with Crippen molar-refractivity contribution in [2.45, 2.75) is 31.9 Å². The SMILES string of the molecule is CN(C)CCCNC(=O)c1csc2c1CCC/C2=N/O.O=C(O)C(F)(F)F. The van der Waals surface area contributed by atoms with E-state index in [1.807, 2.05) is 19.5 Å². The first kappa shape index (κ1) is 22.9. The number of alkyl halides is 3. The molecule has 11 heteroatoms. The fraction of sp³-hybridized carbons (Fsp3) is 0.562.